The standard InChI is InChI=1S/C55H49BN2O/c1-5-6-18-36-26-27-47(42(30-36)37-19-8-7-9-20-37)57-48-33-43-40-22-12-13-25-50(40)59-51(43)34-46(48)56-52-44(31-38(32-49(52)57)39-21-11-10-17-35(39)2)41-23-16-24-45-53(41)58(56)55(4)29-15-14-28-54(45,55)3/h7-13,16-17,19-27,30-34H,5-6,14-15,18,28-29H2,1-4H3. The smallest absolute Gasteiger partial charge is 0.329 e. The van der Waals surface area contributed by atoms with Crippen LogP contribution < -0.4 is 20.6 Å². The van der Waals surface area contributed by atoms with Crippen LogP contribution in [0.4, 0.5) is 22.7 Å². The second-order valence-corrected chi connectivity index (χ2v) is 18.2. The van der Waals surface area contributed by atoms with Crippen LogP contribution in [0.1, 0.15) is 76.0 Å². The molecule has 1 aromatic heterocycles. The van der Waals surface area contributed by atoms with Crippen LogP contribution in [0.25, 0.3) is 55.3 Å². The largest absolute Gasteiger partial charge is 0.456 e. The molecule has 1 saturated carbocycles. The highest BCUT2D eigenvalue weighted by Gasteiger charge is 2.62. The summed E-state index contributed by atoms with van der Waals surface area (Å²) in [6.07, 6.45) is 8.31. The number of anilines is 4. The lowest BCUT2D eigenvalue weighted by atomic mass is 9.42. The maximum Gasteiger partial charge on any atom is 0.329 e. The fourth-order valence-corrected chi connectivity index (χ4v) is 12.0. The van der Waals surface area contributed by atoms with E-state index in [0.29, 0.717) is 0 Å². The molecule has 1 fully saturated rings. The topological polar surface area (TPSA) is 19.6 Å². The van der Waals surface area contributed by atoms with E-state index in [1.165, 1.54) is 122 Å². The number of fused-ring (bicyclic) bond motifs is 10. The van der Waals surface area contributed by atoms with Crippen LogP contribution in [0, 0.1) is 6.92 Å². The molecule has 1 aliphatic carbocycles. The predicted octanol–water partition coefficient (Wildman–Crippen LogP) is 13.6. The molecule has 0 N–H and O–H groups in total. The van der Waals surface area contributed by atoms with Gasteiger partial charge in [0.15, 0.2) is 0 Å². The minimum atomic E-state index is -0.0591. The normalized spacial score (nSPS) is 19.8. The minimum absolute atomic E-state index is 0.0114. The van der Waals surface area contributed by atoms with Gasteiger partial charge < -0.3 is 14.1 Å². The van der Waals surface area contributed by atoms with E-state index in [0.717, 1.165) is 28.4 Å². The Morgan fingerprint density at radius 3 is 2.29 bits per heavy atom. The fourth-order valence-electron chi connectivity index (χ4n) is 12.0. The van der Waals surface area contributed by atoms with Crippen molar-refractivity contribution in [3.63, 3.8) is 0 Å². The van der Waals surface area contributed by atoms with Crippen LogP contribution in [-0.2, 0) is 11.8 Å². The van der Waals surface area contributed by atoms with Gasteiger partial charge >= 0.3 is 6.85 Å². The van der Waals surface area contributed by atoms with Gasteiger partial charge in [-0.3, -0.25) is 0 Å². The molecule has 7 aromatic carbocycles. The van der Waals surface area contributed by atoms with Crippen LogP contribution >= 0.6 is 0 Å². The van der Waals surface area contributed by atoms with Crippen molar-refractivity contribution in [3.05, 3.63) is 156 Å². The number of rotatable bonds is 6. The van der Waals surface area contributed by atoms with E-state index >= 15 is 0 Å². The molecule has 4 aliphatic rings. The summed E-state index contributed by atoms with van der Waals surface area (Å²) in [5.41, 5.74) is 21.7. The Kier molecular flexibility index (Phi) is 7.56. The van der Waals surface area contributed by atoms with Gasteiger partial charge in [0.05, 0.1) is 5.69 Å². The second kappa shape index (κ2) is 12.8. The Morgan fingerprint density at radius 1 is 0.627 bits per heavy atom. The van der Waals surface area contributed by atoms with E-state index in [4.69, 9.17) is 4.42 Å². The molecule has 12 rings (SSSR count). The van der Waals surface area contributed by atoms with Crippen LogP contribution in [0.15, 0.2) is 144 Å². The monoisotopic (exact) mass is 764 g/mol. The Labute approximate surface area is 348 Å². The van der Waals surface area contributed by atoms with Crippen molar-refractivity contribution in [3.8, 4) is 33.4 Å². The first-order valence-corrected chi connectivity index (χ1v) is 22.0. The molecule has 0 bridgehead atoms. The first-order chi connectivity index (χ1) is 28.9. The molecule has 0 amide bonds. The van der Waals surface area contributed by atoms with Crippen LogP contribution in [0.3, 0.4) is 0 Å². The Bertz CT molecular complexity index is 3020. The van der Waals surface area contributed by atoms with Gasteiger partial charge in [0.1, 0.15) is 11.2 Å². The number of para-hydroxylation sites is 2. The van der Waals surface area contributed by atoms with Gasteiger partial charge in [0.2, 0.25) is 0 Å². The van der Waals surface area contributed by atoms with E-state index in [1.54, 1.807) is 0 Å². The van der Waals surface area contributed by atoms with E-state index in [-0.39, 0.29) is 17.8 Å². The zero-order valence-corrected chi connectivity index (χ0v) is 34.6. The van der Waals surface area contributed by atoms with Crippen molar-refractivity contribution >= 4 is 62.5 Å². The molecule has 4 heteroatoms. The molecule has 2 atom stereocenters. The number of furan rings is 1. The van der Waals surface area contributed by atoms with Crippen LogP contribution in [-0.4, -0.2) is 12.4 Å². The molecule has 288 valence electrons. The Morgan fingerprint density at radius 2 is 1.42 bits per heavy atom. The first-order valence-electron chi connectivity index (χ1n) is 22.0. The molecular formula is C55H49BN2O. The zero-order valence-electron chi connectivity index (χ0n) is 34.6. The van der Waals surface area contributed by atoms with Crippen molar-refractivity contribution in [2.24, 2.45) is 0 Å². The van der Waals surface area contributed by atoms with Crippen molar-refractivity contribution in [2.75, 3.05) is 9.71 Å². The summed E-state index contributed by atoms with van der Waals surface area (Å²) in [6, 6.07) is 53.1. The molecule has 4 heterocycles. The maximum absolute atomic E-state index is 6.79. The predicted molar refractivity (Wildman–Crippen MR) is 250 cm³/mol. The first kappa shape index (κ1) is 35.0. The average Bonchev–Trinajstić information content (AvgIpc) is 3.73. The number of unbranched alkanes of at least 4 members (excludes halogenated alkanes) is 1. The number of aryl methyl sites for hydroxylation is 2. The average molecular weight is 765 g/mol. The number of benzene rings is 7. The highest BCUT2D eigenvalue weighted by Crippen LogP contribution is 2.63. The second-order valence-electron chi connectivity index (χ2n) is 18.2. The highest BCUT2D eigenvalue weighted by molar-refractivity contribution is 6.93. The maximum atomic E-state index is 6.79. The summed E-state index contributed by atoms with van der Waals surface area (Å²) in [4.78, 5) is 5.57. The van der Waals surface area contributed by atoms with Crippen molar-refractivity contribution in [2.45, 2.75) is 83.6 Å². The van der Waals surface area contributed by atoms with E-state index in [1.807, 2.05) is 0 Å². The quantitative estimate of drug-likeness (QED) is 0.157. The molecule has 8 aromatic rings. The molecule has 3 nitrogen and oxygen atoms in total. The SMILES string of the molecule is CCCCc1ccc(N2c3cc4c(cc3B3c5c(cc(-c6ccccc6C)cc52)-c2cccc5c2N3C2(C)CCCCC52C)oc2ccccc24)c(-c2ccccc2)c1. The summed E-state index contributed by atoms with van der Waals surface area (Å²) < 4.78 is 6.79. The Balaban J connectivity index is 1.24. The van der Waals surface area contributed by atoms with Gasteiger partial charge in [0.25, 0.3) is 0 Å². The van der Waals surface area contributed by atoms with Gasteiger partial charge in [-0.1, -0.05) is 130 Å². The zero-order chi connectivity index (χ0) is 39.6. The van der Waals surface area contributed by atoms with Crippen molar-refractivity contribution in [1.82, 2.24) is 0 Å². The van der Waals surface area contributed by atoms with Gasteiger partial charge in [-0.05, 0) is 132 Å². The number of hydrogen-bond acceptors (Lipinski definition) is 3. The molecule has 0 radical (unpaired) electrons. The highest BCUT2D eigenvalue weighted by atomic mass is 16.3. The van der Waals surface area contributed by atoms with Crippen LogP contribution in [0.5, 0.6) is 0 Å². The number of nitrogens with zero attached hydrogens (tertiary/aromatic N) is 2. The summed E-state index contributed by atoms with van der Waals surface area (Å²) in [5, 5.41) is 2.32. The Hall–Kier alpha value is -6.00. The molecule has 0 spiro atoms. The minimum Gasteiger partial charge on any atom is -0.456 e. The van der Waals surface area contributed by atoms with Gasteiger partial charge in [-0.15, -0.1) is 0 Å². The van der Waals surface area contributed by atoms with Gasteiger partial charge in [0, 0.05) is 49.9 Å². The van der Waals surface area contributed by atoms with Gasteiger partial charge in [-0.25, -0.2) is 0 Å². The summed E-state index contributed by atoms with van der Waals surface area (Å²) in [5.74, 6) is 0. The van der Waals surface area contributed by atoms with E-state index in [9.17, 15) is 0 Å². The molecule has 59 heavy (non-hydrogen) atoms. The van der Waals surface area contributed by atoms with Crippen molar-refractivity contribution < 1.29 is 4.42 Å². The third-order valence-corrected chi connectivity index (χ3v) is 15.1. The third-order valence-electron chi connectivity index (χ3n) is 15.1. The third kappa shape index (κ3) is 4.78. The van der Waals surface area contributed by atoms with E-state index in [2.05, 4.69) is 177 Å². The molecule has 3 aliphatic heterocycles. The van der Waals surface area contributed by atoms with Crippen LogP contribution in [0.2, 0.25) is 0 Å². The summed E-state index contributed by atoms with van der Waals surface area (Å²) >= 11 is 0. The lowest BCUT2D eigenvalue weighted by Gasteiger charge is -2.55. The lowest BCUT2D eigenvalue weighted by molar-refractivity contribution is 0.199. The number of hydrogen-bond donors (Lipinski definition) is 0. The van der Waals surface area contributed by atoms with E-state index < -0.39 is 0 Å². The summed E-state index contributed by atoms with van der Waals surface area (Å²) in [7, 11) is 0. The molecule has 0 saturated heterocycles. The fraction of sp³-hybridized carbons (Fsp3) is 0.236. The lowest BCUT2D eigenvalue weighted by Crippen LogP contribution is -2.70. The molecule has 2 unspecified atom stereocenters. The summed E-state index contributed by atoms with van der Waals surface area (Å²) in [6.45, 7) is 9.73. The molecular weight excluding hydrogens is 715 g/mol. The van der Waals surface area contributed by atoms with Gasteiger partial charge in [-0.2, -0.15) is 0 Å². The van der Waals surface area contributed by atoms with Crippen molar-refractivity contribution in [1.29, 1.82) is 0 Å².